The maximum absolute atomic E-state index is 9.60. The lowest BCUT2D eigenvalue weighted by atomic mass is 10.4. The Hall–Kier alpha value is -1.40. The summed E-state index contributed by atoms with van der Waals surface area (Å²) in [5.41, 5.74) is 0.352. The molecule has 0 amide bonds. The highest BCUT2D eigenvalue weighted by Crippen LogP contribution is 2.20. The van der Waals surface area contributed by atoms with Crippen LogP contribution in [-0.4, -0.2) is 37.1 Å². The van der Waals surface area contributed by atoms with E-state index in [0.29, 0.717) is 0 Å². The Balaban J connectivity index is 0. The maximum atomic E-state index is 9.60. The van der Waals surface area contributed by atoms with Crippen molar-refractivity contribution in [2.75, 3.05) is 6.61 Å². The van der Waals surface area contributed by atoms with Gasteiger partial charge in [-0.2, -0.15) is 0 Å². The summed E-state index contributed by atoms with van der Waals surface area (Å²) in [5.74, 6) is -1.87. The molecule has 1 fully saturated rings. The quantitative estimate of drug-likeness (QED) is 0.604. The zero-order valence-corrected chi connectivity index (χ0v) is 13.9. The van der Waals surface area contributed by atoms with Gasteiger partial charge in [0, 0.05) is 17.8 Å². The van der Waals surface area contributed by atoms with Gasteiger partial charge in [-0.3, -0.25) is 0 Å². The lowest BCUT2D eigenvalue weighted by Gasteiger charge is -2.27. The van der Waals surface area contributed by atoms with Gasteiger partial charge in [0.25, 0.3) is 0 Å². The monoisotopic (exact) mass is 302 g/mol. The van der Waals surface area contributed by atoms with Crippen LogP contribution in [0, 0.1) is 0 Å². The summed E-state index contributed by atoms with van der Waals surface area (Å²) in [6.45, 7) is 14.8. The van der Waals surface area contributed by atoms with E-state index in [1.807, 2.05) is 0 Å². The van der Waals surface area contributed by atoms with Crippen molar-refractivity contribution in [2.24, 2.45) is 0 Å². The van der Waals surface area contributed by atoms with E-state index in [9.17, 15) is 9.59 Å². The van der Waals surface area contributed by atoms with E-state index in [2.05, 4.69) is 26.3 Å². The summed E-state index contributed by atoms with van der Waals surface area (Å²) in [6.07, 6.45) is 2.69. The van der Waals surface area contributed by atoms with Crippen molar-refractivity contribution >= 4 is 20.3 Å². The minimum absolute atomic E-state index is 0.176. The van der Waals surface area contributed by atoms with Gasteiger partial charge in [-0.05, 0) is 39.4 Å². The number of carboxylic acids is 2. The minimum atomic E-state index is -1.09. The molecule has 1 heterocycles. The number of aliphatic carboxylic acids is 2. The molecule has 1 saturated heterocycles. The molecule has 0 aromatic heterocycles. The Morgan fingerprint density at radius 3 is 1.45 bits per heavy atom. The van der Waals surface area contributed by atoms with Crippen molar-refractivity contribution in [3.63, 3.8) is 0 Å². The molecule has 0 unspecified atom stereocenters. The Kier molecular flexibility index (Phi) is 10.9. The second-order valence-corrected chi connectivity index (χ2v) is 9.54. The lowest BCUT2D eigenvalue weighted by Crippen LogP contribution is -2.33. The second-order valence-electron chi connectivity index (χ2n) is 5.24. The molecule has 5 nitrogen and oxygen atoms in total. The van der Waals surface area contributed by atoms with Crippen LogP contribution in [0.4, 0.5) is 0 Å². The fourth-order valence-corrected chi connectivity index (χ4v) is 3.02. The van der Waals surface area contributed by atoms with Crippen LogP contribution in [0.5, 0.6) is 0 Å². The Morgan fingerprint density at radius 2 is 1.35 bits per heavy atom. The number of hydrogen-bond donors (Lipinski definition) is 2. The number of carbonyl (C=O) groups is 2. The van der Waals surface area contributed by atoms with Gasteiger partial charge < -0.3 is 14.6 Å². The third-order valence-electron chi connectivity index (χ3n) is 2.40. The maximum Gasteiger partial charge on any atom is 0.330 e. The molecule has 1 rings (SSSR count). The van der Waals surface area contributed by atoms with Gasteiger partial charge in [-0.15, -0.1) is 0 Å². The van der Waals surface area contributed by atoms with Gasteiger partial charge in [0.15, 0.2) is 8.32 Å². The molecule has 0 aromatic carbocycles. The Bertz CT molecular complexity index is 305. The van der Waals surface area contributed by atoms with Gasteiger partial charge in [-0.1, -0.05) is 19.6 Å². The van der Waals surface area contributed by atoms with Gasteiger partial charge in [0.05, 0.1) is 0 Å². The number of carboxylic acid groups (broad SMARTS) is 2. The fraction of sp³-hybridized carbons (Fsp3) is 0.571. The van der Waals surface area contributed by atoms with Gasteiger partial charge in [-0.25, -0.2) is 9.59 Å². The molecule has 116 valence electrons. The molecule has 0 aliphatic carbocycles. The highest BCUT2D eigenvalue weighted by Gasteiger charge is 2.24. The summed E-state index contributed by atoms with van der Waals surface area (Å²) >= 11 is 0. The van der Waals surface area contributed by atoms with Crippen LogP contribution in [0.15, 0.2) is 24.3 Å². The van der Waals surface area contributed by atoms with Crippen molar-refractivity contribution in [1.29, 1.82) is 0 Å². The molecule has 2 N–H and O–H groups in total. The van der Waals surface area contributed by atoms with Crippen molar-refractivity contribution in [2.45, 2.75) is 45.8 Å². The van der Waals surface area contributed by atoms with E-state index >= 15 is 0 Å². The lowest BCUT2D eigenvalue weighted by molar-refractivity contribution is -0.133. The molecule has 1 aliphatic rings. The van der Waals surface area contributed by atoms with Gasteiger partial charge in [0.2, 0.25) is 0 Å². The van der Waals surface area contributed by atoms with Crippen LogP contribution in [0.3, 0.4) is 0 Å². The topological polar surface area (TPSA) is 83.8 Å². The summed E-state index contributed by atoms with van der Waals surface area (Å²) < 4.78 is 5.60. The van der Waals surface area contributed by atoms with Gasteiger partial charge >= 0.3 is 11.9 Å². The molecule has 0 aromatic rings. The minimum Gasteiger partial charge on any atom is -0.478 e. The SMILES string of the molecule is C=C(C)C(=O)O.C=C(C)C(=O)O.C[Si]1(C)CCCCO1. The van der Waals surface area contributed by atoms with E-state index in [1.54, 1.807) is 0 Å². The average Bonchev–Trinajstić information content (AvgIpc) is 2.29. The number of rotatable bonds is 2. The third kappa shape index (κ3) is 14.7. The van der Waals surface area contributed by atoms with Crippen LogP contribution >= 0.6 is 0 Å². The molecular formula is C14H26O5Si. The molecule has 1 aliphatic heterocycles. The first-order chi connectivity index (χ1) is 8.99. The van der Waals surface area contributed by atoms with Gasteiger partial charge in [0.1, 0.15) is 0 Å². The molecule has 6 heteroatoms. The highest BCUT2D eigenvalue weighted by molar-refractivity contribution is 6.71. The van der Waals surface area contributed by atoms with E-state index in [0.717, 1.165) is 6.61 Å². The van der Waals surface area contributed by atoms with Crippen LogP contribution in [0.1, 0.15) is 26.7 Å². The first kappa shape index (κ1) is 20.9. The molecular weight excluding hydrogens is 276 g/mol. The van der Waals surface area contributed by atoms with Crippen LogP contribution in [0.25, 0.3) is 0 Å². The average molecular weight is 302 g/mol. The molecule has 0 atom stereocenters. The zero-order chi connectivity index (χ0) is 16.3. The predicted octanol–water partition coefficient (Wildman–Crippen LogP) is 3.30. The molecule has 0 bridgehead atoms. The molecule has 20 heavy (non-hydrogen) atoms. The van der Waals surface area contributed by atoms with Crippen molar-refractivity contribution in [3.8, 4) is 0 Å². The first-order valence-electron chi connectivity index (χ1n) is 6.41. The summed E-state index contributed by atoms with van der Waals surface area (Å²) in [5, 5.41) is 15.8. The van der Waals surface area contributed by atoms with E-state index in [4.69, 9.17) is 14.6 Å². The van der Waals surface area contributed by atoms with Crippen molar-refractivity contribution in [1.82, 2.24) is 0 Å². The Morgan fingerprint density at radius 1 is 1.00 bits per heavy atom. The first-order valence-corrected chi connectivity index (χ1v) is 9.52. The largest absolute Gasteiger partial charge is 0.478 e. The summed E-state index contributed by atoms with van der Waals surface area (Å²) in [7, 11) is -1.09. The summed E-state index contributed by atoms with van der Waals surface area (Å²) in [4.78, 5) is 19.2. The zero-order valence-electron chi connectivity index (χ0n) is 12.9. The number of hydrogen-bond acceptors (Lipinski definition) is 3. The molecule has 0 spiro atoms. The summed E-state index contributed by atoms with van der Waals surface area (Å²) in [6, 6.07) is 1.37. The van der Waals surface area contributed by atoms with Crippen LogP contribution < -0.4 is 0 Å². The van der Waals surface area contributed by atoms with Crippen LogP contribution in [-0.2, 0) is 14.0 Å². The van der Waals surface area contributed by atoms with Crippen molar-refractivity contribution < 1.29 is 24.2 Å². The smallest absolute Gasteiger partial charge is 0.330 e. The fourth-order valence-electron chi connectivity index (χ4n) is 1.07. The standard InChI is InChI=1S/C6H14OSi.2C4H6O2/c1-8(2)6-4-3-5-7-8;2*1-3(2)4(5)6/h3-6H2,1-2H3;2*1H2,2H3,(H,5,6). The van der Waals surface area contributed by atoms with Crippen LogP contribution in [0.2, 0.25) is 19.1 Å². The van der Waals surface area contributed by atoms with E-state index < -0.39 is 20.3 Å². The predicted molar refractivity (Wildman–Crippen MR) is 82.4 cm³/mol. The van der Waals surface area contributed by atoms with E-state index in [-0.39, 0.29) is 11.1 Å². The van der Waals surface area contributed by atoms with E-state index in [1.165, 1.54) is 32.7 Å². The Labute approximate surface area is 122 Å². The highest BCUT2D eigenvalue weighted by atomic mass is 28.4. The molecule has 0 radical (unpaired) electrons. The molecule has 0 saturated carbocycles. The third-order valence-corrected chi connectivity index (χ3v) is 4.94. The van der Waals surface area contributed by atoms with Crippen molar-refractivity contribution in [3.05, 3.63) is 24.3 Å². The normalized spacial score (nSPS) is 15.6. The second kappa shape index (κ2) is 10.4.